The van der Waals surface area contributed by atoms with Crippen molar-refractivity contribution in [2.45, 2.75) is 27.0 Å². The topological polar surface area (TPSA) is 70.1 Å². The van der Waals surface area contributed by atoms with Crippen LogP contribution < -0.4 is 5.73 Å². The normalized spacial score (nSPS) is 10.7. The molecule has 2 rings (SSSR count). The monoisotopic (exact) mass is 327 g/mol. The van der Waals surface area contributed by atoms with E-state index in [0.29, 0.717) is 28.0 Å². The third kappa shape index (κ3) is 3.31. The van der Waals surface area contributed by atoms with Crippen LogP contribution in [0.2, 0.25) is 10.0 Å². The predicted octanol–water partition coefficient (Wildman–Crippen LogP) is 3.46. The molecule has 0 amide bonds. The summed E-state index contributed by atoms with van der Waals surface area (Å²) in [5.74, 6) is -0.513. The Labute approximate surface area is 132 Å². The summed E-state index contributed by atoms with van der Waals surface area (Å²) in [5, 5.41) is 5.05. The standard InChI is InChI=1S/C14H15Cl2N3O2/c1-3-19-13(12(17)8(2)18-19)14(20)21-7-9-4-5-10(15)11(16)6-9/h4-6H,3,7,17H2,1-2H3. The number of hydrogen-bond donors (Lipinski definition) is 1. The molecule has 0 unspecified atom stereocenters. The maximum Gasteiger partial charge on any atom is 0.359 e. The van der Waals surface area contributed by atoms with Crippen molar-refractivity contribution >= 4 is 34.9 Å². The van der Waals surface area contributed by atoms with E-state index >= 15 is 0 Å². The van der Waals surface area contributed by atoms with Crippen LogP contribution >= 0.6 is 23.2 Å². The molecule has 0 aliphatic rings. The number of aromatic nitrogens is 2. The first-order chi connectivity index (χ1) is 9.93. The molecular formula is C14H15Cl2N3O2. The van der Waals surface area contributed by atoms with Crippen molar-refractivity contribution in [2.75, 3.05) is 5.73 Å². The Kier molecular flexibility index (Phi) is 4.75. The maximum absolute atomic E-state index is 12.2. The fourth-order valence-electron chi connectivity index (χ4n) is 1.89. The van der Waals surface area contributed by atoms with E-state index in [0.717, 1.165) is 5.56 Å². The molecule has 5 nitrogen and oxygen atoms in total. The Morgan fingerprint density at radius 2 is 2.10 bits per heavy atom. The van der Waals surface area contributed by atoms with Crippen LogP contribution in [0, 0.1) is 6.92 Å². The van der Waals surface area contributed by atoms with Gasteiger partial charge in [0.25, 0.3) is 0 Å². The second-order valence-corrected chi connectivity index (χ2v) is 5.30. The summed E-state index contributed by atoms with van der Waals surface area (Å²) in [5.41, 5.74) is 7.84. The van der Waals surface area contributed by atoms with E-state index in [1.54, 1.807) is 25.1 Å². The molecule has 0 radical (unpaired) electrons. The van der Waals surface area contributed by atoms with Crippen molar-refractivity contribution in [2.24, 2.45) is 0 Å². The summed E-state index contributed by atoms with van der Waals surface area (Å²) in [6.07, 6.45) is 0. The Morgan fingerprint density at radius 3 is 2.71 bits per heavy atom. The lowest BCUT2D eigenvalue weighted by molar-refractivity contribution is 0.0459. The largest absolute Gasteiger partial charge is 0.456 e. The van der Waals surface area contributed by atoms with Crippen LogP contribution in [0.3, 0.4) is 0 Å². The Balaban J connectivity index is 2.13. The number of benzene rings is 1. The van der Waals surface area contributed by atoms with Crippen molar-refractivity contribution in [1.29, 1.82) is 0 Å². The number of aryl methyl sites for hydroxylation is 2. The Hall–Kier alpha value is -1.72. The van der Waals surface area contributed by atoms with Gasteiger partial charge in [0.1, 0.15) is 6.61 Å². The lowest BCUT2D eigenvalue weighted by atomic mass is 10.2. The van der Waals surface area contributed by atoms with E-state index in [4.69, 9.17) is 33.7 Å². The number of rotatable bonds is 4. The van der Waals surface area contributed by atoms with Crippen LogP contribution in [-0.4, -0.2) is 15.7 Å². The van der Waals surface area contributed by atoms with E-state index in [2.05, 4.69) is 5.10 Å². The second-order valence-electron chi connectivity index (χ2n) is 4.49. The zero-order chi connectivity index (χ0) is 15.6. The molecule has 0 spiro atoms. The molecule has 0 fully saturated rings. The number of hydrogen-bond acceptors (Lipinski definition) is 4. The van der Waals surface area contributed by atoms with E-state index < -0.39 is 5.97 Å². The highest BCUT2D eigenvalue weighted by atomic mass is 35.5. The highest BCUT2D eigenvalue weighted by Gasteiger charge is 2.20. The highest BCUT2D eigenvalue weighted by Crippen LogP contribution is 2.23. The number of carbonyl (C=O) groups is 1. The lowest BCUT2D eigenvalue weighted by Crippen LogP contribution is -2.14. The van der Waals surface area contributed by atoms with Gasteiger partial charge in [-0.05, 0) is 31.5 Å². The molecule has 0 bridgehead atoms. The van der Waals surface area contributed by atoms with Gasteiger partial charge in [-0.2, -0.15) is 5.10 Å². The van der Waals surface area contributed by atoms with Gasteiger partial charge in [0.2, 0.25) is 0 Å². The minimum Gasteiger partial charge on any atom is -0.456 e. The van der Waals surface area contributed by atoms with Crippen molar-refractivity contribution in [3.05, 3.63) is 45.2 Å². The number of nitrogens with zero attached hydrogens (tertiary/aromatic N) is 2. The summed E-state index contributed by atoms with van der Waals surface area (Å²) < 4.78 is 6.79. The van der Waals surface area contributed by atoms with Crippen molar-refractivity contribution < 1.29 is 9.53 Å². The lowest BCUT2D eigenvalue weighted by Gasteiger charge is -2.08. The first-order valence-electron chi connectivity index (χ1n) is 6.38. The van der Waals surface area contributed by atoms with Gasteiger partial charge in [0.05, 0.1) is 21.4 Å². The molecule has 0 aliphatic heterocycles. The second kappa shape index (κ2) is 6.37. The van der Waals surface area contributed by atoms with Crippen LogP contribution in [0.4, 0.5) is 5.69 Å². The summed E-state index contributed by atoms with van der Waals surface area (Å²) in [6, 6.07) is 5.05. The Bertz CT molecular complexity index is 683. The number of anilines is 1. The highest BCUT2D eigenvalue weighted by molar-refractivity contribution is 6.42. The minimum absolute atomic E-state index is 0.0864. The van der Waals surface area contributed by atoms with Gasteiger partial charge < -0.3 is 10.5 Å². The van der Waals surface area contributed by atoms with Gasteiger partial charge in [-0.1, -0.05) is 29.3 Å². The molecule has 112 valence electrons. The molecule has 0 saturated heterocycles. The van der Waals surface area contributed by atoms with Crippen LogP contribution in [0.25, 0.3) is 0 Å². The molecule has 2 aromatic rings. The van der Waals surface area contributed by atoms with Gasteiger partial charge >= 0.3 is 5.97 Å². The zero-order valence-corrected chi connectivity index (χ0v) is 13.2. The molecule has 0 aliphatic carbocycles. The summed E-state index contributed by atoms with van der Waals surface area (Å²) in [7, 11) is 0. The van der Waals surface area contributed by atoms with E-state index in [1.165, 1.54) is 4.68 Å². The van der Waals surface area contributed by atoms with Gasteiger partial charge in [0.15, 0.2) is 5.69 Å². The molecule has 1 heterocycles. The van der Waals surface area contributed by atoms with Crippen LogP contribution in [-0.2, 0) is 17.9 Å². The quantitative estimate of drug-likeness (QED) is 0.873. The van der Waals surface area contributed by atoms with Gasteiger partial charge in [-0.3, -0.25) is 4.68 Å². The average Bonchev–Trinajstić information content (AvgIpc) is 2.75. The molecule has 2 N–H and O–H groups in total. The fraction of sp³-hybridized carbons (Fsp3) is 0.286. The minimum atomic E-state index is -0.513. The van der Waals surface area contributed by atoms with Crippen LogP contribution in [0.1, 0.15) is 28.7 Å². The molecule has 21 heavy (non-hydrogen) atoms. The number of halogens is 2. The van der Waals surface area contributed by atoms with E-state index in [-0.39, 0.29) is 12.3 Å². The van der Waals surface area contributed by atoms with E-state index in [9.17, 15) is 4.79 Å². The molecule has 0 saturated carbocycles. The summed E-state index contributed by atoms with van der Waals surface area (Å²) in [4.78, 5) is 12.2. The molecule has 0 atom stereocenters. The molecular weight excluding hydrogens is 313 g/mol. The number of nitrogen functional groups attached to an aromatic ring is 1. The van der Waals surface area contributed by atoms with Crippen molar-refractivity contribution in [3.8, 4) is 0 Å². The first kappa shape index (κ1) is 15.7. The van der Waals surface area contributed by atoms with E-state index in [1.807, 2.05) is 6.92 Å². The molecule has 1 aromatic heterocycles. The average molecular weight is 328 g/mol. The smallest absolute Gasteiger partial charge is 0.359 e. The number of nitrogens with two attached hydrogens (primary N) is 1. The number of carbonyl (C=O) groups excluding carboxylic acids is 1. The number of esters is 1. The third-order valence-corrected chi connectivity index (χ3v) is 3.76. The van der Waals surface area contributed by atoms with Crippen LogP contribution in [0.5, 0.6) is 0 Å². The van der Waals surface area contributed by atoms with Crippen molar-refractivity contribution in [3.63, 3.8) is 0 Å². The Morgan fingerprint density at radius 1 is 1.38 bits per heavy atom. The van der Waals surface area contributed by atoms with Gasteiger partial charge in [-0.15, -0.1) is 0 Å². The number of ether oxygens (including phenoxy) is 1. The maximum atomic E-state index is 12.2. The summed E-state index contributed by atoms with van der Waals surface area (Å²) in [6.45, 7) is 4.25. The van der Waals surface area contributed by atoms with Crippen LogP contribution in [0.15, 0.2) is 18.2 Å². The van der Waals surface area contributed by atoms with Gasteiger partial charge in [0, 0.05) is 6.54 Å². The molecule has 7 heteroatoms. The third-order valence-electron chi connectivity index (χ3n) is 3.02. The first-order valence-corrected chi connectivity index (χ1v) is 7.13. The van der Waals surface area contributed by atoms with Crippen molar-refractivity contribution in [1.82, 2.24) is 9.78 Å². The predicted molar refractivity (Wildman–Crippen MR) is 82.6 cm³/mol. The molecule has 1 aromatic carbocycles. The zero-order valence-electron chi connectivity index (χ0n) is 11.7. The fourth-order valence-corrected chi connectivity index (χ4v) is 2.21. The SMILES string of the molecule is CCn1nc(C)c(N)c1C(=O)OCc1ccc(Cl)c(Cl)c1. The summed E-state index contributed by atoms with van der Waals surface area (Å²) >= 11 is 11.8. The van der Waals surface area contributed by atoms with Gasteiger partial charge in [-0.25, -0.2) is 4.79 Å².